The molecule has 0 radical (unpaired) electrons. The van der Waals surface area contributed by atoms with Crippen molar-refractivity contribution in [3.63, 3.8) is 0 Å². The molecule has 1 aromatic rings. The lowest BCUT2D eigenvalue weighted by Crippen LogP contribution is -2.15. The smallest absolute Gasteiger partial charge is 0.309 e. The average Bonchev–Trinajstić information content (AvgIpc) is 3.06. The molecule has 0 aliphatic heterocycles. The summed E-state index contributed by atoms with van der Waals surface area (Å²) in [6.45, 7) is 4.08. The number of azide groups is 1. The highest BCUT2D eigenvalue weighted by atomic mass is 16.5. The molecule has 0 bridgehead atoms. The van der Waals surface area contributed by atoms with Crippen LogP contribution in [0.15, 0.2) is 29.4 Å². The van der Waals surface area contributed by atoms with Crippen LogP contribution in [0, 0.1) is 12.8 Å². The molecule has 0 saturated heterocycles. The van der Waals surface area contributed by atoms with Crippen molar-refractivity contribution in [3.05, 3.63) is 45.8 Å². The number of nitrogens with zero attached hydrogens (tertiary/aromatic N) is 3. The summed E-state index contributed by atoms with van der Waals surface area (Å²) in [5.41, 5.74) is 9.93. The van der Waals surface area contributed by atoms with E-state index in [1.165, 1.54) is 0 Å². The van der Waals surface area contributed by atoms with Crippen LogP contribution in [0.2, 0.25) is 0 Å². The topological polar surface area (TPSA) is 75.1 Å². The van der Waals surface area contributed by atoms with Crippen LogP contribution in [0.25, 0.3) is 10.4 Å². The van der Waals surface area contributed by atoms with E-state index in [0.29, 0.717) is 13.0 Å². The third-order valence-corrected chi connectivity index (χ3v) is 3.24. The van der Waals surface area contributed by atoms with E-state index in [2.05, 4.69) is 10.0 Å². The van der Waals surface area contributed by atoms with Crippen LogP contribution >= 0.6 is 0 Å². The van der Waals surface area contributed by atoms with Gasteiger partial charge in [0, 0.05) is 4.91 Å². The Morgan fingerprint density at radius 3 is 3.06 bits per heavy atom. The Labute approximate surface area is 105 Å². The zero-order valence-electron chi connectivity index (χ0n) is 10.5. The molecule has 5 heteroatoms. The van der Waals surface area contributed by atoms with Gasteiger partial charge in [-0.25, -0.2) is 0 Å². The molecule has 0 aromatic heterocycles. The lowest BCUT2D eigenvalue weighted by Gasteiger charge is -2.11. The highest BCUT2D eigenvalue weighted by Crippen LogP contribution is 2.56. The van der Waals surface area contributed by atoms with E-state index in [1.54, 1.807) is 6.92 Å². The third kappa shape index (κ3) is 2.05. The average molecular weight is 245 g/mol. The molecule has 1 aromatic carbocycles. The van der Waals surface area contributed by atoms with E-state index >= 15 is 0 Å². The third-order valence-electron chi connectivity index (χ3n) is 3.24. The van der Waals surface area contributed by atoms with Gasteiger partial charge >= 0.3 is 5.97 Å². The minimum absolute atomic E-state index is 0.286. The number of carbonyl (C=O) groups is 1. The highest BCUT2D eigenvalue weighted by Gasteiger charge is 2.60. The summed E-state index contributed by atoms with van der Waals surface area (Å²) in [6, 6.07) is 7.71. The lowest BCUT2D eigenvalue weighted by atomic mass is 10.0. The van der Waals surface area contributed by atoms with Crippen molar-refractivity contribution in [1.82, 2.24) is 0 Å². The standard InChI is InChI=1S/C13H15N3O2/c1-3-18-12(17)11-8-13(11,15-16-14)10-6-4-5-9(2)7-10/h4-7,11H,3,8H2,1-2H3. The first kappa shape index (κ1) is 12.5. The van der Waals surface area contributed by atoms with E-state index < -0.39 is 5.54 Å². The second-order valence-corrected chi connectivity index (χ2v) is 4.49. The van der Waals surface area contributed by atoms with E-state index in [4.69, 9.17) is 10.3 Å². The summed E-state index contributed by atoms with van der Waals surface area (Å²) >= 11 is 0. The second-order valence-electron chi connectivity index (χ2n) is 4.49. The van der Waals surface area contributed by atoms with Gasteiger partial charge in [0.25, 0.3) is 0 Å². The van der Waals surface area contributed by atoms with Gasteiger partial charge in [-0.2, -0.15) is 0 Å². The largest absolute Gasteiger partial charge is 0.466 e. The van der Waals surface area contributed by atoms with Crippen molar-refractivity contribution in [2.24, 2.45) is 11.0 Å². The first-order valence-corrected chi connectivity index (χ1v) is 5.94. The van der Waals surface area contributed by atoms with Crippen LogP contribution in [0.3, 0.4) is 0 Å². The Morgan fingerprint density at radius 2 is 2.44 bits per heavy atom. The van der Waals surface area contributed by atoms with Gasteiger partial charge in [-0.05, 0) is 31.4 Å². The Bertz CT molecular complexity index is 523. The second kappa shape index (κ2) is 4.70. The fourth-order valence-corrected chi connectivity index (χ4v) is 2.25. The molecular weight excluding hydrogens is 230 g/mol. The molecule has 1 aliphatic rings. The summed E-state index contributed by atoms with van der Waals surface area (Å²) in [5, 5.41) is 3.84. The number of aryl methyl sites for hydroxylation is 1. The van der Waals surface area contributed by atoms with Crippen molar-refractivity contribution in [3.8, 4) is 0 Å². The van der Waals surface area contributed by atoms with E-state index in [-0.39, 0.29) is 11.9 Å². The predicted molar refractivity (Wildman–Crippen MR) is 66.7 cm³/mol. The molecule has 94 valence electrons. The summed E-state index contributed by atoms with van der Waals surface area (Å²) in [4.78, 5) is 14.6. The maximum absolute atomic E-state index is 11.7. The summed E-state index contributed by atoms with van der Waals surface area (Å²) in [6.07, 6.45) is 0.527. The Morgan fingerprint density at radius 1 is 1.67 bits per heavy atom. The Hall–Kier alpha value is -2.00. The molecule has 18 heavy (non-hydrogen) atoms. The van der Waals surface area contributed by atoms with Crippen LogP contribution in [-0.2, 0) is 15.1 Å². The van der Waals surface area contributed by atoms with Crippen molar-refractivity contribution in [1.29, 1.82) is 0 Å². The molecule has 0 amide bonds. The van der Waals surface area contributed by atoms with Crippen LogP contribution in [0.5, 0.6) is 0 Å². The van der Waals surface area contributed by atoms with E-state index in [9.17, 15) is 4.79 Å². The zero-order chi connectivity index (χ0) is 13.2. The molecule has 5 nitrogen and oxygen atoms in total. The predicted octanol–water partition coefficient (Wildman–Crippen LogP) is 3.08. The molecule has 1 aliphatic carbocycles. The Kier molecular flexibility index (Phi) is 3.26. The van der Waals surface area contributed by atoms with Crippen LogP contribution in [0.4, 0.5) is 0 Å². The van der Waals surface area contributed by atoms with Crippen molar-refractivity contribution >= 4 is 5.97 Å². The number of esters is 1. The van der Waals surface area contributed by atoms with E-state index in [1.807, 2.05) is 31.2 Å². The molecule has 2 rings (SSSR count). The van der Waals surface area contributed by atoms with Gasteiger partial charge in [0.15, 0.2) is 0 Å². The Balaban J connectivity index is 2.32. The van der Waals surface area contributed by atoms with Gasteiger partial charge in [0.1, 0.15) is 0 Å². The van der Waals surface area contributed by atoms with Gasteiger partial charge in [-0.1, -0.05) is 34.9 Å². The SMILES string of the molecule is CCOC(=O)C1CC1(N=[N+]=[N-])c1cccc(C)c1. The monoisotopic (exact) mass is 245 g/mol. The fourth-order valence-electron chi connectivity index (χ4n) is 2.25. The van der Waals surface area contributed by atoms with Gasteiger partial charge in [-0.3, -0.25) is 4.79 Å². The normalized spacial score (nSPS) is 25.1. The number of hydrogen-bond acceptors (Lipinski definition) is 3. The molecule has 1 fully saturated rings. The first-order valence-electron chi connectivity index (χ1n) is 5.94. The molecule has 2 unspecified atom stereocenters. The minimum atomic E-state index is -0.743. The van der Waals surface area contributed by atoms with Crippen molar-refractivity contribution in [2.45, 2.75) is 25.8 Å². The summed E-state index contributed by atoms with van der Waals surface area (Å²) in [5.74, 6) is -0.637. The number of hydrogen-bond donors (Lipinski definition) is 0. The molecule has 0 N–H and O–H groups in total. The van der Waals surface area contributed by atoms with Gasteiger partial charge in [0.05, 0.1) is 18.1 Å². The molecular formula is C13H15N3O2. The van der Waals surface area contributed by atoms with Crippen LogP contribution in [0.1, 0.15) is 24.5 Å². The lowest BCUT2D eigenvalue weighted by molar-refractivity contribution is -0.145. The van der Waals surface area contributed by atoms with Gasteiger partial charge in [-0.15, -0.1) is 0 Å². The summed E-state index contributed by atoms with van der Waals surface area (Å²) in [7, 11) is 0. The van der Waals surface area contributed by atoms with Crippen molar-refractivity contribution in [2.75, 3.05) is 6.61 Å². The summed E-state index contributed by atoms with van der Waals surface area (Å²) < 4.78 is 5.00. The van der Waals surface area contributed by atoms with Crippen LogP contribution in [-0.4, -0.2) is 12.6 Å². The van der Waals surface area contributed by atoms with Gasteiger partial charge < -0.3 is 4.74 Å². The number of ether oxygens (including phenoxy) is 1. The quantitative estimate of drug-likeness (QED) is 0.354. The van der Waals surface area contributed by atoms with Gasteiger partial charge in [0.2, 0.25) is 0 Å². The number of benzene rings is 1. The fraction of sp³-hybridized carbons (Fsp3) is 0.462. The number of carbonyl (C=O) groups excluding carboxylic acids is 1. The molecule has 0 heterocycles. The van der Waals surface area contributed by atoms with Crippen LogP contribution < -0.4 is 0 Å². The minimum Gasteiger partial charge on any atom is -0.466 e. The number of rotatable bonds is 4. The molecule has 2 atom stereocenters. The van der Waals surface area contributed by atoms with E-state index in [0.717, 1.165) is 11.1 Å². The molecule has 0 spiro atoms. The maximum atomic E-state index is 11.7. The highest BCUT2D eigenvalue weighted by molar-refractivity contribution is 5.79. The maximum Gasteiger partial charge on any atom is 0.309 e. The zero-order valence-corrected chi connectivity index (χ0v) is 10.5. The van der Waals surface area contributed by atoms with Crippen molar-refractivity contribution < 1.29 is 9.53 Å². The first-order chi connectivity index (χ1) is 8.64. The molecule has 1 saturated carbocycles.